The second kappa shape index (κ2) is 5.16. The molecule has 0 spiro atoms. The molecule has 0 aromatic rings. The van der Waals surface area contributed by atoms with Crippen LogP contribution in [0.15, 0.2) is 5.16 Å². The number of rotatable bonds is 4. The zero-order valence-electron chi connectivity index (χ0n) is 11.1. The predicted octanol–water partition coefficient (Wildman–Crippen LogP) is 1.31. The van der Waals surface area contributed by atoms with Gasteiger partial charge in [0, 0.05) is 5.92 Å². The summed E-state index contributed by atoms with van der Waals surface area (Å²) in [5.74, 6) is 1.61. The average molecular weight is 253 g/mol. The van der Waals surface area contributed by atoms with E-state index in [1.54, 1.807) is 0 Å². The van der Waals surface area contributed by atoms with Gasteiger partial charge in [-0.2, -0.15) is 0 Å². The lowest BCUT2D eigenvalue weighted by Gasteiger charge is -2.21. The molecule has 0 aromatic heterocycles. The molecular weight excluding hydrogens is 230 g/mol. The van der Waals surface area contributed by atoms with E-state index in [9.17, 15) is 4.79 Å². The summed E-state index contributed by atoms with van der Waals surface area (Å²) < 4.78 is 0. The Kier molecular flexibility index (Phi) is 3.78. The summed E-state index contributed by atoms with van der Waals surface area (Å²) in [5.41, 5.74) is 5.62. The smallest absolute Gasteiger partial charge is 0.224 e. The molecule has 5 heteroatoms. The van der Waals surface area contributed by atoms with E-state index in [1.807, 2.05) is 13.8 Å². The van der Waals surface area contributed by atoms with Crippen LogP contribution in [0.2, 0.25) is 0 Å². The Bertz CT molecular complexity index is 342. The normalized spacial score (nSPS) is 32.8. The maximum absolute atomic E-state index is 12.2. The summed E-state index contributed by atoms with van der Waals surface area (Å²) in [7, 11) is 0. The van der Waals surface area contributed by atoms with Crippen LogP contribution in [0.25, 0.3) is 0 Å². The number of fused-ring (bicyclic) bond motifs is 1. The highest BCUT2D eigenvalue weighted by atomic mass is 16.4. The average Bonchev–Trinajstić information content (AvgIpc) is 3.08. The molecule has 1 amide bonds. The molecule has 3 atom stereocenters. The number of oxime groups is 1. The molecule has 2 rings (SSSR count). The maximum atomic E-state index is 12.2. The first-order chi connectivity index (χ1) is 8.56. The van der Waals surface area contributed by atoms with E-state index in [0.29, 0.717) is 11.8 Å². The molecule has 102 valence electrons. The molecule has 2 aliphatic rings. The van der Waals surface area contributed by atoms with E-state index >= 15 is 0 Å². The lowest BCUT2D eigenvalue weighted by atomic mass is 10.0. The first-order valence-corrected chi connectivity index (χ1v) is 6.84. The van der Waals surface area contributed by atoms with Crippen molar-refractivity contribution in [1.29, 1.82) is 0 Å². The monoisotopic (exact) mass is 253 g/mol. The van der Waals surface area contributed by atoms with Gasteiger partial charge in [0.1, 0.15) is 0 Å². The molecule has 0 aliphatic heterocycles. The molecule has 4 N–H and O–H groups in total. The van der Waals surface area contributed by atoms with Crippen LogP contribution in [-0.2, 0) is 4.79 Å². The minimum absolute atomic E-state index is 0.0807. The third-order valence-electron chi connectivity index (χ3n) is 4.36. The number of nitrogens with two attached hydrogens (primary N) is 1. The fraction of sp³-hybridized carbons (Fsp3) is 0.846. The van der Waals surface area contributed by atoms with Crippen LogP contribution >= 0.6 is 0 Å². The summed E-state index contributed by atoms with van der Waals surface area (Å²) >= 11 is 0. The first-order valence-electron chi connectivity index (χ1n) is 6.84. The van der Waals surface area contributed by atoms with Gasteiger partial charge in [0.15, 0.2) is 5.84 Å². The van der Waals surface area contributed by atoms with Crippen LogP contribution in [0.3, 0.4) is 0 Å². The Balaban J connectivity index is 1.94. The van der Waals surface area contributed by atoms with Gasteiger partial charge in [-0.15, -0.1) is 0 Å². The second-order valence-electron chi connectivity index (χ2n) is 5.89. The van der Waals surface area contributed by atoms with Crippen molar-refractivity contribution >= 4 is 11.7 Å². The van der Waals surface area contributed by atoms with Gasteiger partial charge < -0.3 is 16.3 Å². The summed E-state index contributed by atoms with van der Waals surface area (Å²) in [6.07, 6.45) is 4.86. The Hall–Kier alpha value is -1.26. The number of hydrogen-bond acceptors (Lipinski definition) is 3. The van der Waals surface area contributed by atoms with Crippen molar-refractivity contribution in [2.75, 3.05) is 0 Å². The first kappa shape index (κ1) is 13.2. The standard InChI is InChI=1S/C13H23N3O2/c1-7(2)11(12(14)16-18)15-13(17)10-8-5-3-4-6-9(8)10/h7-11,18H,3-6H2,1-2H3,(H2,14,16)(H,15,17). The van der Waals surface area contributed by atoms with E-state index in [4.69, 9.17) is 10.9 Å². The highest BCUT2D eigenvalue weighted by Crippen LogP contribution is 2.55. The van der Waals surface area contributed by atoms with Crippen molar-refractivity contribution in [2.24, 2.45) is 34.6 Å². The molecule has 2 fully saturated rings. The Labute approximate surface area is 108 Å². The Morgan fingerprint density at radius 1 is 1.33 bits per heavy atom. The Morgan fingerprint density at radius 2 is 1.89 bits per heavy atom. The van der Waals surface area contributed by atoms with Gasteiger partial charge in [-0.1, -0.05) is 31.8 Å². The Morgan fingerprint density at radius 3 is 2.33 bits per heavy atom. The molecule has 0 bridgehead atoms. The summed E-state index contributed by atoms with van der Waals surface area (Å²) in [5, 5.41) is 14.7. The summed E-state index contributed by atoms with van der Waals surface area (Å²) in [4.78, 5) is 12.2. The highest BCUT2D eigenvalue weighted by molar-refractivity contribution is 5.91. The number of nitrogens with one attached hydrogen (secondary N) is 1. The van der Waals surface area contributed by atoms with Gasteiger partial charge in [-0.25, -0.2) is 0 Å². The van der Waals surface area contributed by atoms with Gasteiger partial charge in [-0.3, -0.25) is 4.79 Å². The lowest BCUT2D eigenvalue weighted by molar-refractivity contribution is -0.123. The van der Waals surface area contributed by atoms with Gasteiger partial charge in [0.05, 0.1) is 6.04 Å². The van der Waals surface area contributed by atoms with E-state index < -0.39 is 0 Å². The number of carbonyl (C=O) groups is 1. The van der Waals surface area contributed by atoms with Gasteiger partial charge in [0.2, 0.25) is 5.91 Å². The number of hydrogen-bond donors (Lipinski definition) is 3. The number of nitrogens with zero attached hydrogens (tertiary/aromatic N) is 1. The van der Waals surface area contributed by atoms with E-state index in [1.165, 1.54) is 25.7 Å². The fourth-order valence-electron chi connectivity index (χ4n) is 3.28. The maximum Gasteiger partial charge on any atom is 0.224 e. The molecule has 2 aliphatic carbocycles. The van der Waals surface area contributed by atoms with Crippen molar-refractivity contribution in [3.05, 3.63) is 0 Å². The van der Waals surface area contributed by atoms with Crippen LogP contribution < -0.4 is 11.1 Å². The highest BCUT2D eigenvalue weighted by Gasteiger charge is 2.55. The molecule has 3 unspecified atom stereocenters. The van der Waals surface area contributed by atoms with Crippen LogP contribution in [0.4, 0.5) is 0 Å². The van der Waals surface area contributed by atoms with Gasteiger partial charge in [0.25, 0.3) is 0 Å². The number of carbonyl (C=O) groups excluding carboxylic acids is 1. The predicted molar refractivity (Wildman–Crippen MR) is 69.1 cm³/mol. The van der Waals surface area contributed by atoms with Crippen molar-refractivity contribution in [3.63, 3.8) is 0 Å². The summed E-state index contributed by atoms with van der Waals surface area (Å²) in [6.45, 7) is 3.89. The largest absolute Gasteiger partial charge is 0.409 e. The molecule has 0 aromatic carbocycles. The second-order valence-corrected chi connectivity index (χ2v) is 5.89. The fourth-order valence-corrected chi connectivity index (χ4v) is 3.28. The topological polar surface area (TPSA) is 87.7 Å². The van der Waals surface area contributed by atoms with E-state index in [-0.39, 0.29) is 29.6 Å². The van der Waals surface area contributed by atoms with Crippen molar-refractivity contribution < 1.29 is 10.0 Å². The number of amides is 1. The molecule has 5 nitrogen and oxygen atoms in total. The minimum Gasteiger partial charge on any atom is -0.409 e. The van der Waals surface area contributed by atoms with Crippen LogP contribution in [0.5, 0.6) is 0 Å². The quantitative estimate of drug-likeness (QED) is 0.305. The molecular formula is C13H23N3O2. The minimum atomic E-state index is -0.370. The summed E-state index contributed by atoms with van der Waals surface area (Å²) in [6, 6.07) is -0.370. The van der Waals surface area contributed by atoms with E-state index in [2.05, 4.69) is 10.5 Å². The number of amidine groups is 1. The van der Waals surface area contributed by atoms with Crippen LogP contribution in [0.1, 0.15) is 39.5 Å². The molecule has 2 saturated carbocycles. The molecule has 18 heavy (non-hydrogen) atoms. The van der Waals surface area contributed by atoms with E-state index in [0.717, 1.165) is 0 Å². The van der Waals surface area contributed by atoms with Crippen molar-refractivity contribution in [1.82, 2.24) is 5.32 Å². The van der Waals surface area contributed by atoms with Crippen molar-refractivity contribution in [2.45, 2.75) is 45.6 Å². The van der Waals surface area contributed by atoms with Crippen molar-refractivity contribution in [3.8, 4) is 0 Å². The molecule has 0 heterocycles. The molecule has 0 saturated heterocycles. The third kappa shape index (κ3) is 2.44. The zero-order chi connectivity index (χ0) is 13.3. The van der Waals surface area contributed by atoms with Gasteiger partial charge in [-0.05, 0) is 30.6 Å². The van der Waals surface area contributed by atoms with Gasteiger partial charge >= 0.3 is 0 Å². The van der Waals surface area contributed by atoms with Crippen LogP contribution in [-0.4, -0.2) is 23.0 Å². The lowest BCUT2D eigenvalue weighted by Crippen LogP contribution is -2.48. The third-order valence-corrected chi connectivity index (χ3v) is 4.36. The SMILES string of the molecule is CC(C)C(NC(=O)C1C2CCCCC21)C(N)=NO. The molecule has 0 radical (unpaired) electrons. The zero-order valence-corrected chi connectivity index (χ0v) is 11.1. The van der Waals surface area contributed by atoms with Crippen LogP contribution in [0, 0.1) is 23.7 Å².